The summed E-state index contributed by atoms with van der Waals surface area (Å²) in [7, 11) is 0.746. The fourth-order valence-corrected chi connectivity index (χ4v) is 5.61. The first-order valence-corrected chi connectivity index (χ1v) is 12.4. The number of carbonyl (C=O) groups is 1. The van der Waals surface area contributed by atoms with Crippen LogP contribution in [0.3, 0.4) is 0 Å². The molecule has 0 N–H and O–H groups in total. The zero-order chi connectivity index (χ0) is 22.9. The number of amides is 1. The molecule has 4 rings (SSSR count). The maximum atomic E-state index is 13.4. The Morgan fingerprint density at radius 1 is 1.12 bits per heavy atom. The van der Waals surface area contributed by atoms with Gasteiger partial charge in [-0.25, -0.2) is 8.42 Å². The van der Waals surface area contributed by atoms with Gasteiger partial charge in [-0.2, -0.15) is 0 Å². The summed E-state index contributed by atoms with van der Waals surface area (Å²) in [5, 5.41) is 4.56. The lowest BCUT2D eigenvalue weighted by atomic mass is 10.1. The van der Waals surface area contributed by atoms with Crippen molar-refractivity contribution < 1.29 is 17.7 Å². The van der Waals surface area contributed by atoms with Crippen molar-refractivity contribution in [1.82, 2.24) is 10.1 Å². The molecule has 1 aromatic heterocycles. The summed E-state index contributed by atoms with van der Waals surface area (Å²) in [4.78, 5) is 17.0. The Kier molecular flexibility index (Phi) is 6.26. The monoisotopic (exact) mass is 473 g/mol. The molecule has 2 aromatic carbocycles. The molecule has 0 spiro atoms. The van der Waals surface area contributed by atoms with Crippen molar-refractivity contribution in [2.45, 2.75) is 19.0 Å². The van der Waals surface area contributed by atoms with E-state index in [0.717, 1.165) is 16.8 Å². The Labute approximate surface area is 192 Å². The van der Waals surface area contributed by atoms with Gasteiger partial charge in [0, 0.05) is 49.0 Å². The first-order valence-electron chi connectivity index (χ1n) is 10.2. The molecule has 3 aromatic rings. The number of benzene rings is 2. The summed E-state index contributed by atoms with van der Waals surface area (Å²) < 4.78 is 29.6. The van der Waals surface area contributed by atoms with Crippen molar-refractivity contribution in [3.63, 3.8) is 0 Å². The Morgan fingerprint density at radius 2 is 1.81 bits per heavy atom. The van der Waals surface area contributed by atoms with Crippen molar-refractivity contribution in [3.8, 4) is 11.3 Å². The van der Waals surface area contributed by atoms with Gasteiger partial charge in [-0.3, -0.25) is 4.79 Å². The zero-order valence-electron chi connectivity index (χ0n) is 17.9. The lowest BCUT2D eigenvalue weighted by Gasteiger charge is -2.27. The number of rotatable bonds is 6. The highest BCUT2D eigenvalue weighted by atomic mass is 35.5. The molecule has 1 aliphatic rings. The third kappa shape index (κ3) is 4.97. The molecule has 0 saturated carbocycles. The van der Waals surface area contributed by atoms with Crippen LogP contribution in [0.5, 0.6) is 0 Å². The minimum Gasteiger partial charge on any atom is -0.378 e. The van der Waals surface area contributed by atoms with Crippen LogP contribution in [0.1, 0.15) is 22.5 Å². The average molecular weight is 474 g/mol. The predicted molar refractivity (Wildman–Crippen MR) is 125 cm³/mol. The van der Waals surface area contributed by atoms with Gasteiger partial charge < -0.3 is 14.3 Å². The third-order valence-corrected chi connectivity index (χ3v) is 7.58. The zero-order valence-corrected chi connectivity index (χ0v) is 19.4. The van der Waals surface area contributed by atoms with Gasteiger partial charge in [0.05, 0.1) is 11.5 Å². The van der Waals surface area contributed by atoms with E-state index in [2.05, 4.69) is 5.16 Å². The summed E-state index contributed by atoms with van der Waals surface area (Å²) in [6.07, 6.45) is 0.408. The van der Waals surface area contributed by atoms with Crippen LogP contribution in [0.2, 0.25) is 5.02 Å². The number of sulfone groups is 1. The fourth-order valence-electron chi connectivity index (χ4n) is 3.76. The second-order valence-electron chi connectivity index (χ2n) is 8.13. The number of anilines is 1. The molecule has 2 heterocycles. The van der Waals surface area contributed by atoms with Gasteiger partial charge in [-0.15, -0.1) is 0 Å². The largest absolute Gasteiger partial charge is 0.378 e. The molecular formula is C23H24ClN3O4S. The van der Waals surface area contributed by atoms with Crippen molar-refractivity contribution in [2.24, 2.45) is 0 Å². The van der Waals surface area contributed by atoms with Crippen LogP contribution >= 0.6 is 11.6 Å². The van der Waals surface area contributed by atoms with Gasteiger partial charge in [0.25, 0.3) is 5.91 Å². The van der Waals surface area contributed by atoms with Crippen LogP contribution in [0, 0.1) is 0 Å². The summed E-state index contributed by atoms with van der Waals surface area (Å²) in [5.41, 5.74) is 2.84. The summed E-state index contributed by atoms with van der Waals surface area (Å²) >= 11 is 5.94. The number of aromatic nitrogens is 1. The molecule has 32 heavy (non-hydrogen) atoms. The second-order valence-corrected chi connectivity index (χ2v) is 10.8. The molecule has 9 heteroatoms. The van der Waals surface area contributed by atoms with Crippen LogP contribution in [0.4, 0.5) is 5.69 Å². The third-order valence-electron chi connectivity index (χ3n) is 5.57. The molecule has 0 radical (unpaired) electrons. The summed E-state index contributed by atoms with van der Waals surface area (Å²) in [5.74, 6) is 0.124. The SMILES string of the molecule is CN(C)c1ccc(CN(C(=O)c2cc(-c3ccc(Cl)cc3)on2)C2CCS(=O)(=O)C2)cc1. The highest BCUT2D eigenvalue weighted by Crippen LogP contribution is 2.26. The van der Waals surface area contributed by atoms with E-state index in [1.54, 1.807) is 35.2 Å². The van der Waals surface area contributed by atoms with E-state index in [0.29, 0.717) is 17.2 Å². The van der Waals surface area contributed by atoms with Gasteiger partial charge in [-0.1, -0.05) is 28.9 Å². The molecule has 1 unspecified atom stereocenters. The minimum absolute atomic E-state index is 0.0452. The smallest absolute Gasteiger partial charge is 0.276 e. The van der Waals surface area contributed by atoms with Crippen molar-refractivity contribution in [3.05, 3.63) is 70.9 Å². The van der Waals surface area contributed by atoms with Crippen LogP contribution in [-0.4, -0.2) is 56.0 Å². The quantitative estimate of drug-likeness (QED) is 0.540. The molecule has 1 fully saturated rings. The van der Waals surface area contributed by atoms with Gasteiger partial charge in [0.1, 0.15) is 0 Å². The van der Waals surface area contributed by atoms with E-state index in [1.165, 1.54) is 0 Å². The molecular weight excluding hydrogens is 450 g/mol. The van der Waals surface area contributed by atoms with Gasteiger partial charge in [0.2, 0.25) is 0 Å². The van der Waals surface area contributed by atoms with Crippen LogP contribution in [0.15, 0.2) is 59.1 Å². The number of carbonyl (C=O) groups excluding carboxylic acids is 1. The van der Waals surface area contributed by atoms with Crippen molar-refractivity contribution in [2.75, 3.05) is 30.5 Å². The molecule has 0 bridgehead atoms. The topological polar surface area (TPSA) is 83.7 Å². The van der Waals surface area contributed by atoms with Crippen LogP contribution < -0.4 is 4.90 Å². The maximum Gasteiger partial charge on any atom is 0.276 e. The maximum absolute atomic E-state index is 13.4. The molecule has 1 atom stereocenters. The minimum atomic E-state index is -3.17. The standard InChI is InChI=1S/C23H24ClN3O4S/c1-26(2)19-9-3-16(4-10-19)14-27(20-11-12-32(29,30)15-20)23(28)21-13-22(31-25-21)17-5-7-18(24)8-6-17/h3-10,13,20H,11-12,14-15H2,1-2H3. The molecule has 1 saturated heterocycles. The Hall–Kier alpha value is -2.84. The van der Waals surface area contributed by atoms with Gasteiger partial charge >= 0.3 is 0 Å². The molecule has 0 aliphatic carbocycles. The second kappa shape index (κ2) is 8.96. The van der Waals surface area contributed by atoms with E-state index in [9.17, 15) is 13.2 Å². The molecule has 1 amide bonds. The average Bonchev–Trinajstić information content (AvgIpc) is 3.39. The van der Waals surface area contributed by atoms with Gasteiger partial charge in [0.15, 0.2) is 21.3 Å². The molecule has 7 nitrogen and oxygen atoms in total. The number of hydrogen-bond donors (Lipinski definition) is 0. The highest BCUT2D eigenvalue weighted by Gasteiger charge is 2.36. The first kappa shape index (κ1) is 22.4. The van der Waals surface area contributed by atoms with E-state index in [4.69, 9.17) is 16.1 Å². The number of halogens is 1. The lowest BCUT2D eigenvalue weighted by molar-refractivity contribution is 0.0670. The van der Waals surface area contributed by atoms with Gasteiger partial charge in [-0.05, 0) is 48.4 Å². The Balaban J connectivity index is 1.60. The number of hydrogen-bond acceptors (Lipinski definition) is 6. The lowest BCUT2D eigenvalue weighted by Crippen LogP contribution is -2.40. The summed E-state index contributed by atoms with van der Waals surface area (Å²) in [6, 6.07) is 16.0. The summed E-state index contributed by atoms with van der Waals surface area (Å²) in [6.45, 7) is 0.288. The van der Waals surface area contributed by atoms with Crippen LogP contribution in [0.25, 0.3) is 11.3 Å². The fraction of sp³-hybridized carbons (Fsp3) is 0.304. The van der Waals surface area contributed by atoms with Crippen molar-refractivity contribution >= 4 is 33.0 Å². The molecule has 1 aliphatic heterocycles. The highest BCUT2D eigenvalue weighted by molar-refractivity contribution is 7.91. The molecule has 168 valence electrons. The van der Waals surface area contributed by atoms with E-state index >= 15 is 0 Å². The van der Waals surface area contributed by atoms with Crippen molar-refractivity contribution in [1.29, 1.82) is 0 Å². The Bertz CT molecular complexity index is 1200. The van der Waals surface area contributed by atoms with Crippen LogP contribution in [-0.2, 0) is 16.4 Å². The number of nitrogens with zero attached hydrogens (tertiary/aromatic N) is 3. The van der Waals surface area contributed by atoms with E-state index in [-0.39, 0.29) is 29.7 Å². The van der Waals surface area contributed by atoms with E-state index < -0.39 is 15.9 Å². The van der Waals surface area contributed by atoms with E-state index in [1.807, 2.05) is 43.3 Å². The Morgan fingerprint density at radius 3 is 2.41 bits per heavy atom. The first-order chi connectivity index (χ1) is 15.2. The predicted octanol–water partition coefficient (Wildman–Crippen LogP) is 3.89. The normalized spacial score (nSPS) is 17.3.